The fraction of sp³-hybridized carbons (Fsp3) is 0.158. The van der Waals surface area contributed by atoms with E-state index in [4.69, 9.17) is 10.1 Å². The third-order valence-electron chi connectivity index (χ3n) is 4.08. The van der Waals surface area contributed by atoms with Crippen molar-refractivity contribution in [2.75, 3.05) is 16.7 Å². The zero-order valence-electron chi connectivity index (χ0n) is 14.1. The molecule has 4 nitrogen and oxygen atoms in total. The lowest BCUT2D eigenvalue weighted by Crippen LogP contribution is -2.35. The van der Waals surface area contributed by atoms with Gasteiger partial charge in [0.05, 0.1) is 23.6 Å². The largest absolute Gasteiger partial charge is 0.232 e. The molecule has 4 rings (SSSR count). The van der Waals surface area contributed by atoms with E-state index in [1.54, 1.807) is 11.3 Å². The van der Waals surface area contributed by atoms with E-state index in [1.165, 1.54) is 4.88 Å². The summed E-state index contributed by atoms with van der Waals surface area (Å²) in [7, 11) is 0. The van der Waals surface area contributed by atoms with Crippen LogP contribution in [0.15, 0.2) is 65.8 Å². The van der Waals surface area contributed by atoms with E-state index in [2.05, 4.69) is 43.1 Å². The van der Waals surface area contributed by atoms with Gasteiger partial charge in [-0.05, 0) is 31.5 Å². The van der Waals surface area contributed by atoms with Crippen LogP contribution in [0.5, 0.6) is 0 Å². The number of para-hydroxylation sites is 1. The molecule has 0 radical (unpaired) electrons. The van der Waals surface area contributed by atoms with Crippen LogP contribution in [0, 0.1) is 13.8 Å². The van der Waals surface area contributed by atoms with E-state index >= 15 is 0 Å². The Morgan fingerprint density at radius 3 is 2.16 bits per heavy atom. The fourth-order valence-electron chi connectivity index (χ4n) is 2.66. The van der Waals surface area contributed by atoms with Gasteiger partial charge < -0.3 is 0 Å². The smallest absolute Gasteiger partial charge is 0.206 e. The summed E-state index contributed by atoms with van der Waals surface area (Å²) in [5, 5.41) is 9.94. The standard InChI is InChI=1S/C19H18N4S.BrH/c1-14-15(2)24-19(20-14)22-13-18(16-9-5-3-6-10-16)21-23(22)17-11-7-4-8-12-17;/h3-12H,13H2,1-2H3;1H. The maximum atomic E-state index is 4.87. The highest BCUT2D eigenvalue weighted by molar-refractivity contribution is 8.93. The zero-order chi connectivity index (χ0) is 16.5. The first kappa shape index (κ1) is 17.6. The molecule has 1 aliphatic heterocycles. The Hall–Kier alpha value is -2.18. The lowest BCUT2D eigenvalue weighted by Gasteiger charge is -2.25. The normalized spacial score (nSPS) is 13.6. The minimum atomic E-state index is 0. The molecule has 3 aromatic rings. The second kappa shape index (κ2) is 7.37. The molecular formula is C19H19BrN4S. The number of thiazole rings is 1. The van der Waals surface area contributed by atoms with Gasteiger partial charge in [-0.3, -0.25) is 0 Å². The van der Waals surface area contributed by atoms with Gasteiger partial charge in [-0.2, -0.15) is 10.2 Å². The van der Waals surface area contributed by atoms with Gasteiger partial charge in [0.1, 0.15) is 0 Å². The Morgan fingerprint density at radius 2 is 1.56 bits per heavy atom. The Bertz CT molecular complexity index is 857. The van der Waals surface area contributed by atoms with Gasteiger partial charge in [0.2, 0.25) is 5.13 Å². The summed E-state index contributed by atoms with van der Waals surface area (Å²) < 4.78 is 0. The molecule has 128 valence electrons. The van der Waals surface area contributed by atoms with Crippen molar-refractivity contribution < 1.29 is 0 Å². The number of aromatic nitrogens is 1. The van der Waals surface area contributed by atoms with Gasteiger partial charge in [0, 0.05) is 4.88 Å². The average Bonchev–Trinajstić information content (AvgIpc) is 3.21. The average molecular weight is 415 g/mol. The van der Waals surface area contributed by atoms with Crippen molar-refractivity contribution in [3.05, 3.63) is 76.8 Å². The number of benzene rings is 2. The monoisotopic (exact) mass is 414 g/mol. The lowest BCUT2D eigenvalue weighted by molar-refractivity contribution is 0.845. The number of halogens is 1. The number of aryl methyl sites for hydroxylation is 2. The molecule has 6 heteroatoms. The van der Waals surface area contributed by atoms with Crippen LogP contribution in [0.25, 0.3) is 0 Å². The summed E-state index contributed by atoms with van der Waals surface area (Å²) in [6, 6.07) is 20.5. The van der Waals surface area contributed by atoms with Crippen LogP contribution >= 0.6 is 28.3 Å². The first-order valence-corrected chi connectivity index (χ1v) is 8.73. The van der Waals surface area contributed by atoms with Crippen molar-refractivity contribution in [1.82, 2.24) is 4.98 Å². The van der Waals surface area contributed by atoms with Crippen molar-refractivity contribution in [2.45, 2.75) is 13.8 Å². The summed E-state index contributed by atoms with van der Waals surface area (Å²) >= 11 is 1.71. The predicted molar refractivity (Wildman–Crippen MR) is 111 cm³/mol. The second-order valence-electron chi connectivity index (χ2n) is 5.73. The number of hydrogen-bond donors (Lipinski definition) is 0. The molecule has 0 aliphatic carbocycles. The number of nitrogens with zero attached hydrogens (tertiary/aromatic N) is 4. The summed E-state index contributed by atoms with van der Waals surface area (Å²) in [5.74, 6) is 0. The fourth-order valence-corrected chi connectivity index (χ4v) is 3.56. The minimum absolute atomic E-state index is 0. The highest BCUT2D eigenvalue weighted by Crippen LogP contribution is 2.32. The third-order valence-corrected chi connectivity index (χ3v) is 5.16. The number of hydrogen-bond acceptors (Lipinski definition) is 5. The molecule has 0 saturated carbocycles. The lowest BCUT2D eigenvalue weighted by atomic mass is 10.1. The van der Waals surface area contributed by atoms with Crippen molar-refractivity contribution in [1.29, 1.82) is 0 Å². The topological polar surface area (TPSA) is 31.7 Å². The number of anilines is 2. The van der Waals surface area contributed by atoms with Crippen molar-refractivity contribution >= 4 is 44.8 Å². The molecule has 1 aliphatic rings. The minimum Gasteiger partial charge on any atom is -0.232 e. The van der Waals surface area contributed by atoms with Crippen LogP contribution < -0.4 is 10.1 Å². The molecule has 0 N–H and O–H groups in total. The van der Waals surface area contributed by atoms with Crippen LogP contribution in [0.3, 0.4) is 0 Å². The molecule has 0 fully saturated rings. The quantitative estimate of drug-likeness (QED) is 0.605. The van der Waals surface area contributed by atoms with E-state index in [0.717, 1.165) is 27.8 Å². The summed E-state index contributed by atoms with van der Waals surface area (Å²) in [4.78, 5) is 5.97. The molecule has 1 aromatic heterocycles. The zero-order valence-corrected chi connectivity index (χ0v) is 16.6. The van der Waals surface area contributed by atoms with Gasteiger partial charge in [-0.1, -0.05) is 48.5 Å². The van der Waals surface area contributed by atoms with E-state index in [1.807, 2.05) is 41.5 Å². The summed E-state index contributed by atoms with van der Waals surface area (Å²) in [6.45, 7) is 4.88. The van der Waals surface area contributed by atoms with Gasteiger partial charge in [-0.15, -0.1) is 28.3 Å². The maximum Gasteiger partial charge on any atom is 0.206 e. The molecule has 0 unspecified atom stereocenters. The van der Waals surface area contributed by atoms with Gasteiger partial charge in [-0.25, -0.2) is 9.99 Å². The van der Waals surface area contributed by atoms with Crippen molar-refractivity contribution in [3.8, 4) is 0 Å². The third kappa shape index (κ3) is 3.45. The predicted octanol–water partition coefficient (Wildman–Crippen LogP) is 4.98. The van der Waals surface area contributed by atoms with Gasteiger partial charge in [0.25, 0.3) is 0 Å². The highest BCUT2D eigenvalue weighted by Gasteiger charge is 2.28. The summed E-state index contributed by atoms with van der Waals surface area (Å²) in [5.41, 5.74) is 4.31. The Balaban J connectivity index is 0.00000182. The van der Waals surface area contributed by atoms with E-state index in [0.29, 0.717) is 6.54 Å². The van der Waals surface area contributed by atoms with Crippen molar-refractivity contribution in [3.63, 3.8) is 0 Å². The van der Waals surface area contributed by atoms with Crippen LogP contribution in [0.1, 0.15) is 16.1 Å². The highest BCUT2D eigenvalue weighted by atomic mass is 79.9. The molecular weight excluding hydrogens is 396 g/mol. The van der Waals surface area contributed by atoms with Crippen LogP contribution in [-0.2, 0) is 0 Å². The number of rotatable bonds is 3. The number of hydrazone groups is 1. The maximum absolute atomic E-state index is 4.87. The molecule has 0 amide bonds. The van der Waals surface area contributed by atoms with Crippen LogP contribution in [0.2, 0.25) is 0 Å². The molecule has 25 heavy (non-hydrogen) atoms. The van der Waals surface area contributed by atoms with Crippen LogP contribution in [-0.4, -0.2) is 17.2 Å². The Kier molecular flexibility index (Phi) is 5.20. The second-order valence-corrected chi connectivity index (χ2v) is 6.92. The molecule has 2 aromatic carbocycles. The number of hydrazine groups is 1. The molecule has 0 bridgehead atoms. The first-order valence-electron chi connectivity index (χ1n) is 7.92. The van der Waals surface area contributed by atoms with E-state index < -0.39 is 0 Å². The van der Waals surface area contributed by atoms with Crippen LogP contribution in [0.4, 0.5) is 10.8 Å². The van der Waals surface area contributed by atoms with E-state index in [9.17, 15) is 0 Å². The summed E-state index contributed by atoms with van der Waals surface area (Å²) in [6.07, 6.45) is 0. The Morgan fingerprint density at radius 1 is 0.920 bits per heavy atom. The first-order chi connectivity index (χ1) is 11.7. The SMILES string of the molecule is Br.Cc1nc(N2CC(c3ccccc3)=NN2c2ccccc2)sc1C. The van der Waals surface area contributed by atoms with Gasteiger partial charge >= 0.3 is 0 Å². The van der Waals surface area contributed by atoms with Gasteiger partial charge in [0.15, 0.2) is 0 Å². The van der Waals surface area contributed by atoms with Crippen molar-refractivity contribution in [2.24, 2.45) is 5.10 Å². The Labute approximate surface area is 162 Å². The molecule has 0 saturated heterocycles. The molecule has 2 heterocycles. The molecule has 0 atom stereocenters. The van der Waals surface area contributed by atoms with E-state index in [-0.39, 0.29) is 17.0 Å². The molecule has 0 spiro atoms.